The largest absolute Gasteiger partial charge is 0.396 e. The average molecular weight is 198 g/mol. The lowest BCUT2D eigenvalue weighted by molar-refractivity contribution is 0.112. The molecule has 1 nitrogen and oxygen atoms in total. The second kappa shape index (κ2) is 5.16. The molecule has 1 N–H and O–H groups in total. The van der Waals surface area contributed by atoms with Crippen LogP contribution in [0.15, 0.2) is 0 Å². The molecule has 1 saturated carbocycles. The lowest BCUT2D eigenvalue weighted by Crippen LogP contribution is -2.24. The van der Waals surface area contributed by atoms with Crippen LogP contribution in [0.3, 0.4) is 0 Å². The third-order valence-corrected chi connectivity index (χ3v) is 3.81. The van der Waals surface area contributed by atoms with Crippen molar-refractivity contribution in [2.75, 3.05) is 6.61 Å². The average Bonchev–Trinajstić information content (AvgIpc) is 2.19. The maximum atomic E-state index is 9.22. The summed E-state index contributed by atoms with van der Waals surface area (Å²) >= 11 is 0. The zero-order valence-electron chi connectivity index (χ0n) is 10.1. The molecule has 0 amide bonds. The summed E-state index contributed by atoms with van der Waals surface area (Å²) in [5.74, 6) is 1.86. The molecule has 1 heteroatoms. The summed E-state index contributed by atoms with van der Waals surface area (Å²) in [7, 11) is 0. The van der Waals surface area contributed by atoms with Gasteiger partial charge in [0.15, 0.2) is 0 Å². The van der Waals surface area contributed by atoms with Gasteiger partial charge < -0.3 is 5.11 Å². The maximum absolute atomic E-state index is 9.22. The molecule has 0 bridgehead atoms. The van der Waals surface area contributed by atoms with Gasteiger partial charge in [-0.2, -0.15) is 0 Å². The Kier molecular flexibility index (Phi) is 4.43. The molecule has 0 saturated heterocycles. The van der Waals surface area contributed by atoms with Crippen LogP contribution in [0.5, 0.6) is 0 Å². The summed E-state index contributed by atoms with van der Waals surface area (Å²) < 4.78 is 0. The number of aliphatic hydroxyl groups is 1. The Balaban J connectivity index is 2.28. The zero-order chi connectivity index (χ0) is 10.6. The normalized spacial score (nSPS) is 29.1. The fourth-order valence-corrected chi connectivity index (χ4v) is 2.69. The molecule has 0 atom stereocenters. The van der Waals surface area contributed by atoms with E-state index >= 15 is 0 Å². The molecule has 0 aliphatic heterocycles. The van der Waals surface area contributed by atoms with Gasteiger partial charge in [-0.3, -0.25) is 0 Å². The van der Waals surface area contributed by atoms with Crippen molar-refractivity contribution in [2.24, 2.45) is 17.3 Å². The quantitative estimate of drug-likeness (QED) is 0.731. The second-order valence-corrected chi connectivity index (χ2v) is 5.82. The molecule has 1 aliphatic rings. The highest BCUT2D eigenvalue weighted by Crippen LogP contribution is 2.37. The summed E-state index contributed by atoms with van der Waals surface area (Å²) in [5.41, 5.74) is 0.143. The Labute approximate surface area is 88.9 Å². The number of rotatable bonds is 4. The Morgan fingerprint density at radius 3 is 2.00 bits per heavy atom. The molecule has 1 aliphatic carbocycles. The van der Waals surface area contributed by atoms with Gasteiger partial charge in [-0.1, -0.05) is 52.9 Å². The van der Waals surface area contributed by atoms with E-state index in [2.05, 4.69) is 20.8 Å². The number of aliphatic hydroxyl groups excluding tert-OH is 1. The van der Waals surface area contributed by atoms with E-state index in [1.54, 1.807) is 0 Å². The highest BCUT2D eigenvalue weighted by atomic mass is 16.3. The van der Waals surface area contributed by atoms with Gasteiger partial charge in [-0.25, -0.2) is 0 Å². The van der Waals surface area contributed by atoms with Crippen LogP contribution >= 0.6 is 0 Å². The molecule has 0 heterocycles. The van der Waals surface area contributed by atoms with Crippen LogP contribution in [-0.2, 0) is 0 Å². The van der Waals surface area contributed by atoms with Crippen molar-refractivity contribution in [2.45, 2.75) is 59.3 Å². The van der Waals surface area contributed by atoms with Crippen LogP contribution in [0.1, 0.15) is 59.3 Å². The molecule has 0 unspecified atom stereocenters. The standard InChI is InChI=1S/C13H26O/c1-4-11-5-7-12(8-6-11)9-13(2,3)10-14/h11-12,14H,4-10H2,1-3H3. The molecule has 0 aromatic heterocycles. The number of hydrogen-bond donors (Lipinski definition) is 1. The summed E-state index contributed by atoms with van der Waals surface area (Å²) in [6.07, 6.45) is 8.19. The van der Waals surface area contributed by atoms with Crippen LogP contribution in [0, 0.1) is 17.3 Å². The van der Waals surface area contributed by atoms with E-state index in [1.165, 1.54) is 38.5 Å². The first-order valence-corrected chi connectivity index (χ1v) is 6.18. The van der Waals surface area contributed by atoms with Gasteiger partial charge >= 0.3 is 0 Å². The van der Waals surface area contributed by atoms with Crippen molar-refractivity contribution < 1.29 is 5.11 Å². The third kappa shape index (κ3) is 3.61. The fraction of sp³-hybridized carbons (Fsp3) is 1.00. The molecule has 1 rings (SSSR count). The molecular formula is C13H26O. The topological polar surface area (TPSA) is 20.2 Å². The highest BCUT2D eigenvalue weighted by Gasteiger charge is 2.26. The molecule has 0 aromatic rings. The maximum Gasteiger partial charge on any atom is 0.0482 e. The Morgan fingerprint density at radius 2 is 1.57 bits per heavy atom. The van der Waals surface area contributed by atoms with Crippen LogP contribution in [0.2, 0.25) is 0 Å². The van der Waals surface area contributed by atoms with Gasteiger partial charge in [0.05, 0.1) is 0 Å². The molecule has 1 fully saturated rings. The van der Waals surface area contributed by atoms with E-state index < -0.39 is 0 Å². The third-order valence-electron chi connectivity index (χ3n) is 3.81. The van der Waals surface area contributed by atoms with Crippen molar-refractivity contribution in [3.05, 3.63) is 0 Å². The van der Waals surface area contributed by atoms with Crippen LogP contribution < -0.4 is 0 Å². The van der Waals surface area contributed by atoms with Crippen molar-refractivity contribution in [3.8, 4) is 0 Å². The van der Waals surface area contributed by atoms with E-state index in [0.717, 1.165) is 11.8 Å². The van der Waals surface area contributed by atoms with Gasteiger partial charge in [0.2, 0.25) is 0 Å². The molecular weight excluding hydrogens is 172 g/mol. The minimum atomic E-state index is 0.143. The lowest BCUT2D eigenvalue weighted by atomic mass is 9.74. The van der Waals surface area contributed by atoms with Gasteiger partial charge in [-0.15, -0.1) is 0 Å². The predicted octanol–water partition coefficient (Wildman–Crippen LogP) is 3.61. The van der Waals surface area contributed by atoms with Gasteiger partial charge in [0.1, 0.15) is 0 Å². The van der Waals surface area contributed by atoms with Crippen molar-refractivity contribution >= 4 is 0 Å². The first-order valence-electron chi connectivity index (χ1n) is 6.18. The summed E-state index contributed by atoms with van der Waals surface area (Å²) in [4.78, 5) is 0. The van der Waals surface area contributed by atoms with E-state index in [4.69, 9.17) is 0 Å². The zero-order valence-corrected chi connectivity index (χ0v) is 10.1. The van der Waals surface area contributed by atoms with E-state index in [-0.39, 0.29) is 5.41 Å². The Hall–Kier alpha value is -0.0400. The van der Waals surface area contributed by atoms with Crippen LogP contribution in [0.25, 0.3) is 0 Å². The summed E-state index contributed by atoms with van der Waals surface area (Å²) in [5, 5.41) is 9.22. The van der Waals surface area contributed by atoms with Crippen LogP contribution in [0.4, 0.5) is 0 Å². The molecule has 0 spiro atoms. The van der Waals surface area contributed by atoms with E-state index in [0.29, 0.717) is 6.61 Å². The smallest absolute Gasteiger partial charge is 0.0482 e. The first-order chi connectivity index (χ1) is 6.57. The molecule has 84 valence electrons. The molecule has 0 radical (unpaired) electrons. The lowest BCUT2D eigenvalue weighted by Gasteiger charge is -2.33. The minimum absolute atomic E-state index is 0.143. The monoisotopic (exact) mass is 198 g/mol. The highest BCUT2D eigenvalue weighted by molar-refractivity contribution is 4.77. The number of hydrogen-bond acceptors (Lipinski definition) is 1. The van der Waals surface area contributed by atoms with Gasteiger partial charge in [0, 0.05) is 6.61 Å². The summed E-state index contributed by atoms with van der Waals surface area (Å²) in [6, 6.07) is 0. The van der Waals surface area contributed by atoms with Gasteiger partial charge in [-0.05, 0) is 23.7 Å². The van der Waals surface area contributed by atoms with E-state index in [9.17, 15) is 5.11 Å². The Morgan fingerprint density at radius 1 is 1.07 bits per heavy atom. The van der Waals surface area contributed by atoms with Gasteiger partial charge in [0.25, 0.3) is 0 Å². The molecule has 14 heavy (non-hydrogen) atoms. The van der Waals surface area contributed by atoms with Crippen LogP contribution in [-0.4, -0.2) is 11.7 Å². The minimum Gasteiger partial charge on any atom is -0.396 e. The Bertz CT molecular complexity index is 155. The predicted molar refractivity (Wildman–Crippen MR) is 61.2 cm³/mol. The van der Waals surface area contributed by atoms with Crippen molar-refractivity contribution in [1.82, 2.24) is 0 Å². The second-order valence-electron chi connectivity index (χ2n) is 5.82. The van der Waals surface area contributed by atoms with Crippen molar-refractivity contribution in [3.63, 3.8) is 0 Å². The SMILES string of the molecule is CCC1CCC(CC(C)(C)CO)CC1. The first kappa shape index (κ1) is 12.0. The summed E-state index contributed by atoms with van der Waals surface area (Å²) in [6.45, 7) is 7.00. The fourth-order valence-electron chi connectivity index (χ4n) is 2.69. The van der Waals surface area contributed by atoms with Crippen molar-refractivity contribution in [1.29, 1.82) is 0 Å². The van der Waals surface area contributed by atoms with E-state index in [1.807, 2.05) is 0 Å². The molecule has 0 aromatic carbocycles.